The number of rotatable bonds is 7. The molecule has 0 bridgehead atoms. The molecule has 0 atom stereocenters. The fourth-order valence-electron chi connectivity index (χ4n) is 3.06. The number of carbonyl (C=O) groups excluding carboxylic acids is 1. The first-order valence-corrected chi connectivity index (χ1v) is 10.2. The van der Waals surface area contributed by atoms with E-state index in [9.17, 15) is 4.79 Å². The van der Waals surface area contributed by atoms with Crippen LogP contribution in [-0.4, -0.2) is 34.0 Å². The molecular weight excluding hydrogens is 426 g/mol. The summed E-state index contributed by atoms with van der Waals surface area (Å²) < 4.78 is 6.77. The third-order valence-corrected chi connectivity index (χ3v) is 4.92. The summed E-state index contributed by atoms with van der Waals surface area (Å²) in [6.07, 6.45) is 3.23. The maximum absolute atomic E-state index is 12.9. The van der Waals surface area contributed by atoms with Gasteiger partial charge in [0, 0.05) is 11.8 Å². The molecule has 0 saturated carbocycles. The zero-order chi connectivity index (χ0) is 22.3. The molecule has 0 spiro atoms. The zero-order valence-electron chi connectivity index (χ0n) is 17.3. The van der Waals surface area contributed by atoms with Gasteiger partial charge in [-0.15, -0.1) is 0 Å². The molecule has 0 aliphatic rings. The number of nitrogens with zero attached hydrogens (tertiary/aromatic N) is 4. The second-order valence-electron chi connectivity index (χ2n) is 6.90. The van der Waals surface area contributed by atoms with Crippen molar-refractivity contribution < 1.29 is 9.53 Å². The normalized spacial score (nSPS) is 10.9. The van der Waals surface area contributed by atoms with Crippen molar-refractivity contribution in [3.8, 4) is 17.0 Å². The van der Waals surface area contributed by atoms with Crippen LogP contribution in [0.25, 0.3) is 11.3 Å². The summed E-state index contributed by atoms with van der Waals surface area (Å²) in [4.78, 5) is 17.0. The topological polar surface area (TPSA) is 81.4 Å². The van der Waals surface area contributed by atoms with Gasteiger partial charge in [-0.05, 0) is 47.5 Å². The third-order valence-electron chi connectivity index (χ3n) is 4.70. The predicted octanol–water partition coefficient (Wildman–Crippen LogP) is 4.42. The van der Waals surface area contributed by atoms with Crippen LogP contribution in [0.3, 0.4) is 0 Å². The lowest BCUT2D eigenvalue weighted by atomic mass is 10.1. The molecular formula is C24H20ClN5O2. The number of nitrogens with one attached hydrogen (secondary N) is 1. The first-order valence-electron chi connectivity index (χ1n) is 9.83. The van der Waals surface area contributed by atoms with Crippen molar-refractivity contribution in [1.82, 2.24) is 20.2 Å². The van der Waals surface area contributed by atoms with Crippen LogP contribution in [0.2, 0.25) is 5.15 Å². The number of halogens is 1. The van der Waals surface area contributed by atoms with Crippen LogP contribution in [0.4, 0.5) is 0 Å². The minimum Gasteiger partial charge on any atom is -0.497 e. The molecule has 0 aliphatic carbocycles. The molecule has 0 saturated heterocycles. The third kappa shape index (κ3) is 5.19. The molecule has 0 radical (unpaired) electrons. The zero-order valence-corrected chi connectivity index (χ0v) is 18.0. The van der Waals surface area contributed by atoms with Gasteiger partial charge in [0.1, 0.15) is 16.6 Å². The van der Waals surface area contributed by atoms with Crippen LogP contribution in [0, 0.1) is 0 Å². The Balaban J connectivity index is 1.57. The van der Waals surface area contributed by atoms with E-state index in [1.54, 1.807) is 36.3 Å². The number of hydrogen-bond acceptors (Lipinski definition) is 5. The molecule has 1 N–H and O–H groups in total. The number of benzene rings is 2. The molecule has 7 nitrogen and oxygen atoms in total. The Labute approximate surface area is 190 Å². The van der Waals surface area contributed by atoms with Gasteiger partial charge in [-0.3, -0.25) is 9.48 Å². The van der Waals surface area contributed by atoms with E-state index in [1.807, 2.05) is 60.7 Å². The molecule has 160 valence electrons. The second-order valence-corrected chi connectivity index (χ2v) is 7.29. The van der Waals surface area contributed by atoms with Crippen LogP contribution in [0.15, 0.2) is 84.1 Å². The van der Waals surface area contributed by atoms with Gasteiger partial charge in [0.2, 0.25) is 0 Å². The number of aromatic nitrogens is 3. The van der Waals surface area contributed by atoms with Gasteiger partial charge in [0.15, 0.2) is 0 Å². The monoisotopic (exact) mass is 445 g/mol. The van der Waals surface area contributed by atoms with Crippen LogP contribution in [-0.2, 0) is 6.54 Å². The number of pyridine rings is 1. The van der Waals surface area contributed by atoms with E-state index in [0.29, 0.717) is 23.1 Å². The van der Waals surface area contributed by atoms with Gasteiger partial charge in [0.05, 0.1) is 25.6 Å². The number of carbonyl (C=O) groups is 1. The highest BCUT2D eigenvalue weighted by Crippen LogP contribution is 2.20. The maximum atomic E-state index is 12.9. The molecule has 0 aliphatic heterocycles. The summed E-state index contributed by atoms with van der Waals surface area (Å²) in [7, 11) is 1.61. The van der Waals surface area contributed by atoms with E-state index in [2.05, 4.69) is 20.6 Å². The molecule has 2 aromatic heterocycles. The SMILES string of the molecule is COc1ccc(/C=N/NC(=O)c2cc(-c3ccccc3)nn2Cc2ccc(Cl)nc2)cc1. The van der Waals surface area contributed by atoms with Gasteiger partial charge in [-0.25, -0.2) is 10.4 Å². The predicted molar refractivity (Wildman–Crippen MR) is 124 cm³/mol. The number of hydrazone groups is 1. The Morgan fingerprint density at radius 1 is 1.12 bits per heavy atom. The summed E-state index contributed by atoms with van der Waals surface area (Å²) in [6, 6.07) is 22.3. The van der Waals surface area contributed by atoms with Crippen molar-refractivity contribution in [2.45, 2.75) is 6.54 Å². The molecule has 4 aromatic rings. The summed E-state index contributed by atoms with van der Waals surface area (Å²) >= 11 is 5.88. The highest BCUT2D eigenvalue weighted by Gasteiger charge is 2.16. The van der Waals surface area contributed by atoms with E-state index >= 15 is 0 Å². The van der Waals surface area contributed by atoms with E-state index in [4.69, 9.17) is 16.3 Å². The molecule has 4 rings (SSSR count). The summed E-state index contributed by atoms with van der Waals surface area (Å²) in [5.41, 5.74) is 6.26. The van der Waals surface area contributed by atoms with Gasteiger partial charge in [0.25, 0.3) is 5.91 Å². The van der Waals surface area contributed by atoms with Crippen LogP contribution in [0.1, 0.15) is 21.6 Å². The van der Waals surface area contributed by atoms with Crippen molar-refractivity contribution in [3.63, 3.8) is 0 Å². The van der Waals surface area contributed by atoms with E-state index in [0.717, 1.165) is 22.4 Å². The maximum Gasteiger partial charge on any atom is 0.289 e. The van der Waals surface area contributed by atoms with Crippen molar-refractivity contribution >= 4 is 23.7 Å². The van der Waals surface area contributed by atoms with Crippen molar-refractivity contribution in [1.29, 1.82) is 0 Å². The van der Waals surface area contributed by atoms with Gasteiger partial charge in [-0.2, -0.15) is 10.2 Å². The summed E-state index contributed by atoms with van der Waals surface area (Å²) in [5.74, 6) is 0.381. The number of amides is 1. The Morgan fingerprint density at radius 3 is 2.59 bits per heavy atom. The number of ether oxygens (including phenoxy) is 1. The first-order chi connectivity index (χ1) is 15.6. The average molecular weight is 446 g/mol. The summed E-state index contributed by atoms with van der Waals surface area (Å²) in [5, 5.41) is 9.12. The van der Waals surface area contributed by atoms with Crippen molar-refractivity contribution in [3.05, 3.63) is 101 Å². The van der Waals surface area contributed by atoms with Gasteiger partial charge in [-0.1, -0.05) is 48.0 Å². The van der Waals surface area contributed by atoms with Crippen LogP contribution < -0.4 is 10.2 Å². The Morgan fingerprint density at radius 2 is 1.91 bits per heavy atom. The Hall–Kier alpha value is -3.97. The first kappa shape index (κ1) is 21.3. The lowest BCUT2D eigenvalue weighted by molar-refractivity contribution is 0.0945. The quantitative estimate of drug-likeness (QED) is 0.259. The van der Waals surface area contributed by atoms with Gasteiger partial charge >= 0.3 is 0 Å². The van der Waals surface area contributed by atoms with Crippen molar-refractivity contribution in [2.75, 3.05) is 7.11 Å². The van der Waals surface area contributed by atoms with Crippen LogP contribution in [0.5, 0.6) is 5.75 Å². The molecule has 8 heteroatoms. The highest BCUT2D eigenvalue weighted by molar-refractivity contribution is 6.29. The number of hydrogen-bond donors (Lipinski definition) is 1. The fraction of sp³-hybridized carbons (Fsp3) is 0.0833. The molecule has 32 heavy (non-hydrogen) atoms. The molecule has 2 aromatic carbocycles. The molecule has 1 amide bonds. The summed E-state index contributed by atoms with van der Waals surface area (Å²) in [6.45, 7) is 0.363. The molecule has 0 fully saturated rings. The Kier molecular flexibility index (Phi) is 6.57. The van der Waals surface area contributed by atoms with E-state index < -0.39 is 0 Å². The fourth-order valence-corrected chi connectivity index (χ4v) is 3.17. The van der Waals surface area contributed by atoms with E-state index in [1.165, 1.54) is 0 Å². The number of methoxy groups -OCH3 is 1. The molecule has 0 unspecified atom stereocenters. The highest BCUT2D eigenvalue weighted by atomic mass is 35.5. The average Bonchev–Trinajstić information content (AvgIpc) is 3.25. The smallest absolute Gasteiger partial charge is 0.289 e. The second kappa shape index (κ2) is 9.89. The standard InChI is InChI=1S/C24H20ClN5O2/c1-32-20-10-7-17(8-11-20)15-27-28-24(31)22-13-21(19-5-3-2-4-6-19)29-30(22)16-18-9-12-23(25)26-14-18/h2-15H,16H2,1H3,(H,28,31)/b27-15+. The molecule has 2 heterocycles. The minimum atomic E-state index is -0.369. The van der Waals surface area contributed by atoms with E-state index in [-0.39, 0.29) is 5.91 Å². The van der Waals surface area contributed by atoms with Crippen LogP contribution >= 0.6 is 11.6 Å². The largest absolute Gasteiger partial charge is 0.497 e. The van der Waals surface area contributed by atoms with Gasteiger partial charge < -0.3 is 4.74 Å². The minimum absolute atomic E-state index is 0.363. The van der Waals surface area contributed by atoms with Crippen molar-refractivity contribution in [2.24, 2.45) is 5.10 Å². The lowest BCUT2D eigenvalue weighted by Crippen LogP contribution is -2.22. The lowest BCUT2D eigenvalue weighted by Gasteiger charge is -2.06. The Bertz CT molecular complexity index is 1220.